The van der Waals surface area contributed by atoms with Gasteiger partial charge in [-0.1, -0.05) is 0 Å². The van der Waals surface area contributed by atoms with Crippen molar-refractivity contribution in [3.05, 3.63) is 23.8 Å². The topological polar surface area (TPSA) is 80.4 Å². The Morgan fingerprint density at radius 3 is 3.00 bits per heavy atom. The van der Waals surface area contributed by atoms with Crippen LogP contribution in [-0.2, 0) is 0 Å². The standard InChI is InChI=1S/C7H6N4O2/c1-4-5(6(12)13)11-7(10-4)8-2-3-9-11/h2-3H,1H3,(H,12,13). The van der Waals surface area contributed by atoms with E-state index in [0.717, 1.165) is 0 Å². The number of nitrogens with zero attached hydrogens (tertiary/aromatic N) is 4. The second-order valence-corrected chi connectivity index (χ2v) is 2.51. The molecule has 0 spiro atoms. The summed E-state index contributed by atoms with van der Waals surface area (Å²) in [5.41, 5.74) is 0.474. The number of hydrogen-bond donors (Lipinski definition) is 1. The van der Waals surface area contributed by atoms with Crippen LogP contribution in [0.4, 0.5) is 0 Å². The maximum absolute atomic E-state index is 10.8. The van der Waals surface area contributed by atoms with Crippen molar-refractivity contribution in [2.45, 2.75) is 6.92 Å². The van der Waals surface area contributed by atoms with Gasteiger partial charge in [-0.15, -0.1) is 0 Å². The van der Waals surface area contributed by atoms with Gasteiger partial charge in [-0.25, -0.2) is 14.8 Å². The maximum atomic E-state index is 10.8. The minimum atomic E-state index is -1.05. The summed E-state index contributed by atoms with van der Waals surface area (Å²) in [7, 11) is 0. The van der Waals surface area contributed by atoms with Crippen LogP contribution in [0.15, 0.2) is 12.4 Å². The van der Waals surface area contributed by atoms with Gasteiger partial charge in [0.15, 0.2) is 5.69 Å². The van der Waals surface area contributed by atoms with E-state index in [2.05, 4.69) is 15.1 Å². The third-order valence-electron chi connectivity index (χ3n) is 1.65. The molecule has 0 aliphatic carbocycles. The summed E-state index contributed by atoms with van der Waals surface area (Å²) in [4.78, 5) is 18.6. The zero-order valence-corrected chi connectivity index (χ0v) is 6.80. The molecule has 2 aromatic rings. The number of fused-ring (bicyclic) bond motifs is 1. The van der Waals surface area contributed by atoms with Crippen molar-refractivity contribution in [1.29, 1.82) is 0 Å². The second kappa shape index (κ2) is 2.51. The predicted octanol–water partition coefficient (Wildman–Crippen LogP) is 0.131. The number of aromatic nitrogens is 4. The van der Waals surface area contributed by atoms with E-state index in [9.17, 15) is 4.79 Å². The number of aromatic carboxylic acids is 1. The van der Waals surface area contributed by atoms with Crippen LogP contribution < -0.4 is 0 Å². The number of hydrogen-bond acceptors (Lipinski definition) is 4. The first-order chi connectivity index (χ1) is 6.20. The van der Waals surface area contributed by atoms with Gasteiger partial charge in [0.2, 0.25) is 0 Å². The SMILES string of the molecule is Cc1nc2nccnn2c1C(=O)O. The number of aryl methyl sites for hydroxylation is 1. The molecular weight excluding hydrogens is 172 g/mol. The predicted molar refractivity (Wildman–Crippen MR) is 42.5 cm³/mol. The van der Waals surface area contributed by atoms with E-state index >= 15 is 0 Å². The fraction of sp³-hybridized carbons (Fsp3) is 0.143. The second-order valence-electron chi connectivity index (χ2n) is 2.51. The van der Waals surface area contributed by atoms with Gasteiger partial charge in [0.1, 0.15) is 0 Å². The fourth-order valence-corrected chi connectivity index (χ4v) is 1.14. The van der Waals surface area contributed by atoms with Crippen molar-refractivity contribution < 1.29 is 9.90 Å². The maximum Gasteiger partial charge on any atom is 0.356 e. The van der Waals surface area contributed by atoms with Gasteiger partial charge < -0.3 is 5.11 Å². The lowest BCUT2D eigenvalue weighted by Gasteiger charge is -1.92. The van der Waals surface area contributed by atoms with E-state index in [1.54, 1.807) is 6.92 Å². The van der Waals surface area contributed by atoms with Crippen molar-refractivity contribution in [2.24, 2.45) is 0 Å². The molecule has 1 N–H and O–H groups in total. The Morgan fingerprint density at radius 2 is 2.31 bits per heavy atom. The summed E-state index contributed by atoms with van der Waals surface area (Å²) in [6.07, 6.45) is 2.88. The zero-order chi connectivity index (χ0) is 9.42. The molecule has 0 atom stereocenters. The van der Waals surface area contributed by atoms with Crippen LogP contribution in [0.2, 0.25) is 0 Å². The van der Waals surface area contributed by atoms with Crippen LogP contribution in [0.25, 0.3) is 5.78 Å². The molecule has 6 nitrogen and oxygen atoms in total. The summed E-state index contributed by atoms with van der Waals surface area (Å²) in [5.74, 6) is -0.747. The molecule has 0 aliphatic rings. The molecule has 0 bridgehead atoms. The van der Waals surface area contributed by atoms with Gasteiger partial charge in [0.05, 0.1) is 18.1 Å². The molecule has 2 aromatic heterocycles. The molecular formula is C7H6N4O2. The normalized spacial score (nSPS) is 10.5. The largest absolute Gasteiger partial charge is 0.476 e. The van der Waals surface area contributed by atoms with Gasteiger partial charge in [-0.3, -0.25) is 0 Å². The van der Waals surface area contributed by atoms with Gasteiger partial charge in [-0.2, -0.15) is 9.61 Å². The molecule has 0 radical (unpaired) electrons. The Bertz CT molecular complexity index is 476. The Hall–Kier alpha value is -1.98. The first kappa shape index (κ1) is 7.66. The average molecular weight is 178 g/mol. The highest BCUT2D eigenvalue weighted by atomic mass is 16.4. The van der Waals surface area contributed by atoms with Crippen molar-refractivity contribution in [3.8, 4) is 0 Å². The van der Waals surface area contributed by atoms with Crippen molar-refractivity contribution in [1.82, 2.24) is 19.6 Å². The highest BCUT2D eigenvalue weighted by Gasteiger charge is 2.16. The van der Waals surface area contributed by atoms with Crippen LogP contribution in [0.5, 0.6) is 0 Å². The lowest BCUT2D eigenvalue weighted by atomic mass is 10.3. The molecule has 13 heavy (non-hydrogen) atoms. The third kappa shape index (κ3) is 1.03. The quantitative estimate of drug-likeness (QED) is 0.671. The number of carboxylic acid groups (broad SMARTS) is 1. The summed E-state index contributed by atoms with van der Waals surface area (Å²) in [5, 5.41) is 12.7. The van der Waals surface area contributed by atoms with E-state index in [1.807, 2.05) is 0 Å². The number of rotatable bonds is 1. The Kier molecular flexibility index (Phi) is 1.48. The Morgan fingerprint density at radius 1 is 1.54 bits per heavy atom. The number of imidazole rings is 1. The molecule has 6 heteroatoms. The van der Waals surface area contributed by atoms with Gasteiger partial charge >= 0.3 is 5.97 Å². The summed E-state index contributed by atoms with van der Waals surface area (Å²) < 4.78 is 1.21. The molecule has 0 saturated heterocycles. The summed E-state index contributed by atoms with van der Waals surface area (Å²) >= 11 is 0. The minimum Gasteiger partial charge on any atom is -0.476 e. The van der Waals surface area contributed by atoms with E-state index in [4.69, 9.17) is 5.11 Å². The summed E-state index contributed by atoms with van der Waals surface area (Å²) in [6.45, 7) is 1.61. The molecule has 2 heterocycles. The Labute approximate surface area is 72.9 Å². The first-order valence-corrected chi connectivity index (χ1v) is 3.60. The minimum absolute atomic E-state index is 0.0584. The highest BCUT2D eigenvalue weighted by Crippen LogP contribution is 2.07. The van der Waals surface area contributed by atoms with Crippen LogP contribution in [-0.4, -0.2) is 30.7 Å². The number of carbonyl (C=O) groups is 1. The van der Waals surface area contributed by atoms with Crippen molar-refractivity contribution in [2.75, 3.05) is 0 Å². The third-order valence-corrected chi connectivity index (χ3v) is 1.65. The van der Waals surface area contributed by atoms with E-state index < -0.39 is 5.97 Å². The fourth-order valence-electron chi connectivity index (χ4n) is 1.14. The molecule has 2 rings (SSSR count). The van der Waals surface area contributed by atoms with E-state index in [-0.39, 0.29) is 5.69 Å². The molecule has 0 aliphatic heterocycles. The zero-order valence-electron chi connectivity index (χ0n) is 6.80. The smallest absolute Gasteiger partial charge is 0.356 e. The molecule has 0 unspecified atom stereocenters. The van der Waals surface area contributed by atoms with Crippen molar-refractivity contribution in [3.63, 3.8) is 0 Å². The lowest BCUT2D eigenvalue weighted by Crippen LogP contribution is -2.05. The Balaban J connectivity index is 2.86. The molecule has 66 valence electrons. The van der Waals surface area contributed by atoms with Crippen LogP contribution in [0.1, 0.15) is 16.2 Å². The molecule has 0 amide bonds. The highest BCUT2D eigenvalue weighted by molar-refractivity contribution is 5.87. The van der Waals surface area contributed by atoms with Gasteiger partial charge in [-0.05, 0) is 6.92 Å². The van der Waals surface area contributed by atoms with E-state index in [1.165, 1.54) is 16.9 Å². The van der Waals surface area contributed by atoms with Crippen molar-refractivity contribution >= 4 is 11.7 Å². The van der Waals surface area contributed by atoms with Gasteiger partial charge in [0.25, 0.3) is 5.78 Å². The average Bonchev–Trinajstić information content (AvgIpc) is 2.39. The van der Waals surface area contributed by atoms with Crippen LogP contribution in [0.3, 0.4) is 0 Å². The lowest BCUT2D eigenvalue weighted by molar-refractivity contribution is 0.0687. The van der Waals surface area contributed by atoms with E-state index in [0.29, 0.717) is 11.5 Å². The monoisotopic (exact) mass is 178 g/mol. The number of carboxylic acids is 1. The summed E-state index contributed by atoms with van der Waals surface area (Å²) in [6, 6.07) is 0. The molecule has 0 saturated carbocycles. The molecule has 0 fully saturated rings. The van der Waals surface area contributed by atoms with Gasteiger partial charge in [0, 0.05) is 0 Å². The first-order valence-electron chi connectivity index (χ1n) is 3.60. The van der Waals surface area contributed by atoms with Crippen LogP contribution >= 0.6 is 0 Å². The molecule has 0 aromatic carbocycles. The van der Waals surface area contributed by atoms with Crippen LogP contribution in [0, 0.1) is 6.92 Å².